The molecule has 3 nitrogen and oxygen atoms in total. The van der Waals surface area contributed by atoms with Crippen molar-refractivity contribution in [3.63, 3.8) is 0 Å². The predicted octanol–water partition coefficient (Wildman–Crippen LogP) is 4.69. The van der Waals surface area contributed by atoms with Crippen LogP contribution in [-0.4, -0.2) is 13.2 Å². The van der Waals surface area contributed by atoms with Gasteiger partial charge in [0.05, 0.1) is 18.2 Å². The Morgan fingerprint density at radius 1 is 1.19 bits per heavy atom. The molecule has 0 aliphatic rings. The standard InChI is InChI=1S/C11H20ClO3P/c1-6-14-16(13,15-7-2)8-11(12)10(5)9(3)4/h8H,6-7H2,1-5H3/b11-8-. The summed E-state index contributed by atoms with van der Waals surface area (Å²) < 4.78 is 22.4. The van der Waals surface area contributed by atoms with Gasteiger partial charge in [-0.1, -0.05) is 17.2 Å². The topological polar surface area (TPSA) is 35.5 Å². The van der Waals surface area contributed by atoms with Crippen molar-refractivity contribution >= 4 is 19.2 Å². The normalized spacial score (nSPS) is 12.8. The van der Waals surface area contributed by atoms with E-state index in [0.29, 0.717) is 18.2 Å². The highest BCUT2D eigenvalue weighted by Gasteiger charge is 2.21. The summed E-state index contributed by atoms with van der Waals surface area (Å²) >= 11 is 6.05. The maximum atomic E-state index is 12.1. The van der Waals surface area contributed by atoms with Crippen LogP contribution in [0.3, 0.4) is 0 Å². The van der Waals surface area contributed by atoms with Crippen LogP contribution in [0.1, 0.15) is 34.6 Å². The maximum absolute atomic E-state index is 12.1. The van der Waals surface area contributed by atoms with Gasteiger partial charge in [-0.25, -0.2) is 0 Å². The lowest BCUT2D eigenvalue weighted by molar-refractivity contribution is 0.229. The lowest BCUT2D eigenvalue weighted by Gasteiger charge is -2.14. The molecule has 0 saturated carbocycles. The summed E-state index contributed by atoms with van der Waals surface area (Å²) in [4.78, 5) is 0. The summed E-state index contributed by atoms with van der Waals surface area (Å²) in [5, 5.41) is 0.422. The first-order chi connectivity index (χ1) is 7.36. The number of allylic oxidation sites excluding steroid dienone is 3. The molecule has 0 heterocycles. The summed E-state index contributed by atoms with van der Waals surface area (Å²) in [6, 6.07) is 0. The summed E-state index contributed by atoms with van der Waals surface area (Å²) in [6.07, 6.45) is 0. The van der Waals surface area contributed by atoms with Gasteiger partial charge in [-0.2, -0.15) is 0 Å². The van der Waals surface area contributed by atoms with Crippen molar-refractivity contribution in [1.82, 2.24) is 0 Å². The van der Waals surface area contributed by atoms with Gasteiger partial charge < -0.3 is 9.05 Å². The highest BCUT2D eigenvalue weighted by molar-refractivity contribution is 7.57. The van der Waals surface area contributed by atoms with E-state index in [0.717, 1.165) is 11.1 Å². The van der Waals surface area contributed by atoms with E-state index in [9.17, 15) is 4.57 Å². The first-order valence-electron chi connectivity index (χ1n) is 5.28. The monoisotopic (exact) mass is 266 g/mol. The van der Waals surface area contributed by atoms with E-state index in [2.05, 4.69) is 0 Å². The Morgan fingerprint density at radius 2 is 1.62 bits per heavy atom. The molecule has 0 rings (SSSR count). The first-order valence-corrected chi connectivity index (χ1v) is 7.26. The third kappa shape index (κ3) is 5.31. The van der Waals surface area contributed by atoms with Crippen molar-refractivity contribution in [3.05, 3.63) is 22.0 Å². The molecular formula is C11H20ClO3P. The zero-order valence-corrected chi connectivity index (χ0v) is 12.2. The predicted molar refractivity (Wildman–Crippen MR) is 68.8 cm³/mol. The molecule has 94 valence electrons. The number of rotatable bonds is 6. The second-order valence-corrected chi connectivity index (χ2v) is 5.74. The minimum atomic E-state index is -3.20. The quantitative estimate of drug-likeness (QED) is 0.517. The molecule has 0 amide bonds. The van der Waals surface area contributed by atoms with Crippen LogP contribution in [0.2, 0.25) is 0 Å². The number of halogens is 1. The zero-order chi connectivity index (χ0) is 12.8. The van der Waals surface area contributed by atoms with Crippen LogP contribution < -0.4 is 0 Å². The SMILES string of the molecule is CCOP(=O)(/C=C(\Cl)C(C)=C(C)C)OCC. The van der Waals surface area contributed by atoms with Gasteiger partial charge in [0.15, 0.2) is 0 Å². The second kappa shape index (κ2) is 7.29. The van der Waals surface area contributed by atoms with E-state index in [4.69, 9.17) is 20.6 Å². The molecule has 0 aromatic rings. The Labute approximate surface area is 103 Å². The second-order valence-electron chi connectivity index (χ2n) is 3.48. The molecule has 0 N–H and O–H groups in total. The fraction of sp³-hybridized carbons (Fsp3) is 0.636. The fourth-order valence-corrected chi connectivity index (χ4v) is 2.91. The Bertz CT molecular complexity index is 320. The van der Waals surface area contributed by atoms with Crippen molar-refractivity contribution in [1.29, 1.82) is 0 Å². The maximum Gasteiger partial charge on any atom is 0.355 e. The molecule has 0 saturated heterocycles. The van der Waals surface area contributed by atoms with Crippen LogP contribution >= 0.6 is 19.2 Å². The van der Waals surface area contributed by atoms with Gasteiger partial charge >= 0.3 is 7.60 Å². The average molecular weight is 267 g/mol. The molecule has 0 radical (unpaired) electrons. The largest absolute Gasteiger partial charge is 0.355 e. The van der Waals surface area contributed by atoms with Crippen molar-refractivity contribution < 1.29 is 13.6 Å². The molecule has 0 spiro atoms. The van der Waals surface area contributed by atoms with E-state index in [1.807, 2.05) is 20.8 Å². The lowest BCUT2D eigenvalue weighted by atomic mass is 10.2. The fourth-order valence-electron chi connectivity index (χ4n) is 0.946. The Kier molecular flexibility index (Phi) is 7.25. The molecule has 0 atom stereocenters. The van der Waals surface area contributed by atoms with Gasteiger partial charge in [-0.15, -0.1) is 0 Å². The molecule has 0 fully saturated rings. The third-order valence-electron chi connectivity index (χ3n) is 2.00. The summed E-state index contributed by atoms with van der Waals surface area (Å²) in [6.45, 7) is 9.94. The van der Waals surface area contributed by atoms with Crippen LogP contribution in [0.4, 0.5) is 0 Å². The minimum Gasteiger partial charge on any atom is -0.306 e. The summed E-state index contributed by atoms with van der Waals surface area (Å²) in [7, 11) is -3.20. The van der Waals surface area contributed by atoms with Crippen LogP contribution in [0.5, 0.6) is 0 Å². The molecule has 0 aromatic carbocycles. The van der Waals surface area contributed by atoms with Gasteiger partial charge in [-0.05, 0) is 40.2 Å². The molecule has 0 aromatic heterocycles. The van der Waals surface area contributed by atoms with Crippen molar-refractivity contribution in [2.75, 3.05) is 13.2 Å². The van der Waals surface area contributed by atoms with Crippen molar-refractivity contribution in [3.8, 4) is 0 Å². The van der Waals surface area contributed by atoms with E-state index in [1.54, 1.807) is 13.8 Å². The van der Waals surface area contributed by atoms with E-state index >= 15 is 0 Å². The first kappa shape index (κ1) is 15.9. The number of hydrogen-bond acceptors (Lipinski definition) is 3. The van der Waals surface area contributed by atoms with Gasteiger partial charge in [0.1, 0.15) is 0 Å². The molecule has 16 heavy (non-hydrogen) atoms. The van der Waals surface area contributed by atoms with Crippen molar-refractivity contribution in [2.24, 2.45) is 0 Å². The van der Waals surface area contributed by atoms with E-state index < -0.39 is 7.60 Å². The molecule has 0 aliphatic heterocycles. The zero-order valence-electron chi connectivity index (χ0n) is 10.5. The van der Waals surface area contributed by atoms with Gasteiger partial charge in [-0.3, -0.25) is 4.57 Å². The molecule has 0 unspecified atom stereocenters. The van der Waals surface area contributed by atoms with Gasteiger partial charge in [0, 0.05) is 5.82 Å². The molecule has 0 bridgehead atoms. The average Bonchev–Trinajstić information content (AvgIpc) is 2.16. The summed E-state index contributed by atoms with van der Waals surface area (Å²) in [5.74, 6) is 1.38. The van der Waals surface area contributed by atoms with Gasteiger partial charge in [0.2, 0.25) is 0 Å². The third-order valence-corrected chi connectivity index (χ3v) is 4.35. The summed E-state index contributed by atoms with van der Waals surface area (Å²) in [5.41, 5.74) is 1.96. The molecule has 0 aliphatic carbocycles. The highest BCUT2D eigenvalue weighted by atomic mass is 35.5. The van der Waals surface area contributed by atoms with Crippen LogP contribution in [0.15, 0.2) is 22.0 Å². The highest BCUT2D eigenvalue weighted by Crippen LogP contribution is 2.51. The van der Waals surface area contributed by atoms with E-state index in [1.165, 1.54) is 5.82 Å². The van der Waals surface area contributed by atoms with Gasteiger partial charge in [0.25, 0.3) is 0 Å². The lowest BCUT2D eigenvalue weighted by Crippen LogP contribution is -1.94. The smallest absolute Gasteiger partial charge is 0.306 e. The number of hydrogen-bond donors (Lipinski definition) is 0. The van der Waals surface area contributed by atoms with Crippen LogP contribution in [0, 0.1) is 0 Å². The van der Waals surface area contributed by atoms with Crippen LogP contribution in [-0.2, 0) is 13.6 Å². The Hall–Kier alpha value is -0.0800. The Morgan fingerprint density at radius 3 is 1.94 bits per heavy atom. The van der Waals surface area contributed by atoms with E-state index in [-0.39, 0.29) is 0 Å². The molecular weight excluding hydrogens is 247 g/mol. The Balaban J connectivity index is 5.07. The minimum absolute atomic E-state index is 0.325. The van der Waals surface area contributed by atoms with Crippen molar-refractivity contribution in [2.45, 2.75) is 34.6 Å². The molecule has 5 heteroatoms. The van der Waals surface area contributed by atoms with Crippen LogP contribution in [0.25, 0.3) is 0 Å².